The first-order valence-corrected chi connectivity index (χ1v) is 7.98. The molecule has 1 unspecified atom stereocenters. The molecule has 1 aromatic heterocycles. The maximum atomic E-state index is 12.3. The smallest absolute Gasteiger partial charge is 0.273 e. The van der Waals surface area contributed by atoms with E-state index in [1.807, 2.05) is 11.6 Å². The van der Waals surface area contributed by atoms with Crippen LogP contribution in [0.3, 0.4) is 0 Å². The predicted octanol–water partition coefficient (Wildman–Crippen LogP) is 0.912. The lowest BCUT2D eigenvalue weighted by Gasteiger charge is -2.23. The van der Waals surface area contributed by atoms with Crippen LogP contribution in [0.25, 0.3) is 0 Å². The van der Waals surface area contributed by atoms with Crippen molar-refractivity contribution in [2.75, 3.05) is 26.7 Å². The maximum absolute atomic E-state index is 12.3. The molecule has 22 heavy (non-hydrogen) atoms. The van der Waals surface area contributed by atoms with E-state index >= 15 is 0 Å². The minimum atomic E-state index is -0.180. The second kappa shape index (κ2) is 7.69. The van der Waals surface area contributed by atoms with Gasteiger partial charge in [0.25, 0.3) is 5.91 Å². The maximum Gasteiger partial charge on any atom is 0.273 e. The van der Waals surface area contributed by atoms with Crippen LogP contribution in [-0.2, 0) is 4.74 Å². The molecule has 2 N–H and O–H groups in total. The molecular formula is C15H27N5O2. The van der Waals surface area contributed by atoms with E-state index < -0.39 is 0 Å². The molecule has 0 aliphatic carbocycles. The van der Waals surface area contributed by atoms with Crippen molar-refractivity contribution in [1.82, 2.24) is 25.6 Å². The average Bonchev–Trinajstić information content (AvgIpc) is 2.90. The molecule has 124 valence electrons. The summed E-state index contributed by atoms with van der Waals surface area (Å²) in [6, 6.07) is 0.331. The van der Waals surface area contributed by atoms with Gasteiger partial charge in [-0.2, -0.15) is 0 Å². The highest BCUT2D eigenvalue weighted by Gasteiger charge is 2.23. The summed E-state index contributed by atoms with van der Waals surface area (Å²) in [4.78, 5) is 12.3. The van der Waals surface area contributed by atoms with Gasteiger partial charge in [0.15, 0.2) is 5.69 Å². The Morgan fingerprint density at radius 1 is 1.45 bits per heavy atom. The SMILES string of the molecule is COC(CNC(=O)c1nnn(C2CCNCC2)c1C)C(C)C. The number of hydrogen-bond acceptors (Lipinski definition) is 5. The lowest BCUT2D eigenvalue weighted by Crippen LogP contribution is -2.36. The lowest BCUT2D eigenvalue weighted by atomic mass is 10.1. The molecule has 0 bridgehead atoms. The van der Waals surface area contributed by atoms with Crippen LogP contribution in [0.5, 0.6) is 0 Å². The fraction of sp³-hybridized carbons (Fsp3) is 0.800. The van der Waals surface area contributed by atoms with Crippen molar-refractivity contribution in [3.63, 3.8) is 0 Å². The Bertz CT molecular complexity index is 494. The van der Waals surface area contributed by atoms with Gasteiger partial charge in [-0.25, -0.2) is 4.68 Å². The van der Waals surface area contributed by atoms with Gasteiger partial charge in [0.05, 0.1) is 17.8 Å². The first-order valence-electron chi connectivity index (χ1n) is 7.98. The third-order valence-corrected chi connectivity index (χ3v) is 4.31. The highest BCUT2D eigenvalue weighted by molar-refractivity contribution is 5.93. The van der Waals surface area contributed by atoms with E-state index in [1.165, 1.54) is 0 Å². The molecule has 2 rings (SSSR count). The molecule has 7 nitrogen and oxygen atoms in total. The number of carbonyl (C=O) groups is 1. The Hall–Kier alpha value is -1.47. The van der Waals surface area contributed by atoms with E-state index in [0.717, 1.165) is 31.6 Å². The summed E-state index contributed by atoms with van der Waals surface area (Å²) in [7, 11) is 1.66. The molecule has 0 aromatic carbocycles. The lowest BCUT2D eigenvalue weighted by molar-refractivity contribution is 0.0603. The molecule has 1 fully saturated rings. The number of rotatable bonds is 6. The first-order chi connectivity index (χ1) is 10.5. The van der Waals surface area contributed by atoms with Gasteiger partial charge in [-0.1, -0.05) is 19.1 Å². The van der Waals surface area contributed by atoms with Gasteiger partial charge in [-0.15, -0.1) is 5.10 Å². The average molecular weight is 309 g/mol. The van der Waals surface area contributed by atoms with Crippen molar-refractivity contribution in [2.24, 2.45) is 5.92 Å². The molecule has 1 saturated heterocycles. The molecule has 2 heterocycles. The number of amides is 1. The Labute approximate surface area is 131 Å². The Kier molecular flexibility index (Phi) is 5.90. The number of nitrogens with zero attached hydrogens (tertiary/aromatic N) is 3. The minimum absolute atomic E-state index is 0.00344. The number of hydrogen-bond donors (Lipinski definition) is 2. The number of carbonyl (C=O) groups excluding carboxylic acids is 1. The van der Waals surface area contributed by atoms with Crippen LogP contribution >= 0.6 is 0 Å². The molecule has 0 radical (unpaired) electrons. The summed E-state index contributed by atoms with van der Waals surface area (Å²) < 4.78 is 7.26. The normalized spacial score (nSPS) is 17.7. The summed E-state index contributed by atoms with van der Waals surface area (Å²) in [5.74, 6) is 0.164. The highest BCUT2D eigenvalue weighted by Crippen LogP contribution is 2.20. The van der Waals surface area contributed by atoms with Crippen LogP contribution in [0.2, 0.25) is 0 Å². The van der Waals surface area contributed by atoms with Crippen LogP contribution in [-0.4, -0.2) is 53.7 Å². The summed E-state index contributed by atoms with van der Waals surface area (Å²) in [6.45, 7) is 8.49. The zero-order valence-electron chi connectivity index (χ0n) is 13.9. The van der Waals surface area contributed by atoms with Crippen molar-refractivity contribution in [1.29, 1.82) is 0 Å². The number of piperidine rings is 1. The molecule has 1 aromatic rings. The predicted molar refractivity (Wildman–Crippen MR) is 83.9 cm³/mol. The van der Waals surface area contributed by atoms with Crippen LogP contribution in [0.1, 0.15) is 48.9 Å². The molecule has 0 spiro atoms. The van der Waals surface area contributed by atoms with Crippen molar-refractivity contribution in [3.8, 4) is 0 Å². The fourth-order valence-electron chi connectivity index (χ4n) is 2.82. The summed E-state index contributed by atoms with van der Waals surface area (Å²) >= 11 is 0. The zero-order valence-corrected chi connectivity index (χ0v) is 13.9. The van der Waals surface area contributed by atoms with Gasteiger partial charge in [-0.05, 0) is 38.8 Å². The summed E-state index contributed by atoms with van der Waals surface area (Å²) in [5, 5.41) is 14.5. The number of methoxy groups -OCH3 is 1. The molecule has 1 aliphatic rings. The quantitative estimate of drug-likeness (QED) is 0.816. The van der Waals surface area contributed by atoms with E-state index in [2.05, 4.69) is 34.8 Å². The number of nitrogens with one attached hydrogen (secondary N) is 2. The van der Waals surface area contributed by atoms with Crippen molar-refractivity contribution >= 4 is 5.91 Å². The van der Waals surface area contributed by atoms with Crippen molar-refractivity contribution in [2.45, 2.75) is 45.8 Å². The molecule has 1 aliphatic heterocycles. The van der Waals surface area contributed by atoms with E-state index in [4.69, 9.17) is 4.74 Å². The third-order valence-electron chi connectivity index (χ3n) is 4.31. The Balaban J connectivity index is 2.00. The zero-order chi connectivity index (χ0) is 16.1. The number of ether oxygens (including phenoxy) is 1. The van der Waals surface area contributed by atoms with Crippen LogP contribution in [0, 0.1) is 12.8 Å². The largest absolute Gasteiger partial charge is 0.379 e. The minimum Gasteiger partial charge on any atom is -0.379 e. The van der Waals surface area contributed by atoms with Crippen LogP contribution in [0.4, 0.5) is 0 Å². The van der Waals surface area contributed by atoms with Gasteiger partial charge in [-0.3, -0.25) is 4.79 Å². The Morgan fingerprint density at radius 3 is 2.73 bits per heavy atom. The molecule has 1 amide bonds. The van der Waals surface area contributed by atoms with E-state index in [0.29, 0.717) is 24.2 Å². The van der Waals surface area contributed by atoms with E-state index in [1.54, 1.807) is 7.11 Å². The van der Waals surface area contributed by atoms with Crippen molar-refractivity contribution in [3.05, 3.63) is 11.4 Å². The van der Waals surface area contributed by atoms with Gasteiger partial charge in [0.1, 0.15) is 0 Å². The van der Waals surface area contributed by atoms with E-state index in [-0.39, 0.29) is 12.0 Å². The molecule has 7 heteroatoms. The second-order valence-electron chi connectivity index (χ2n) is 6.18. The Morgan fingerprint density at radius 2 is 2.14 bits per heavy atom. The van der Waals surface area contributed by atoms with E-state index in [9.17, 15) is 4.79 Å². The van der Waals surface area contributed by atoms with Gasteiger partial charge in [0, 0.05) is 13.7 Å². The fourth-order valence-corrected chi connectivity index (χ4v) is 2.82. The highest BCUT2D eigenvalue weighted by atomic mass is 16.5. The van der Waals surface area contributed by atoms with Crippen LogP contribution in [0.15, 0.2) is 0 Å². The van der Waals surface area contributed by atoms with Gasteiger partial charge >= 0.3 is 0 Å². The standard InChI is InChI=1S/C15H27N5O2/c1-10(2)13(22-4)9-17-15(21)14-11(3)20(19-18-14)12-5-7-16-8-6-12/h10,12-13,16H,5-9H2,1-4H3,(H,17,21). The third kappa shape index (κ3) is 3.84. The first kappa shape index (κ1) is 16.9. The molecule has 1 atom stereocenters. The summed E-state index contributed by atoms with van der Waals surface area (Å²) in [5.41, 5.74) is 1.25. The van der Waals surface area contributed by atoms with Gasteiger partial charge in [0.2, 0.25) is 0 Å². The van der Waals surface area contributed by atoms with Gasteiger partial charge < -0.3 is 15.4 Å². The topological polar surface area (TPSA) is 81.1 Å². The number of aromatic nitrogens is 3. The van der Waals surface area contributed by atoms with Crippen molar-refractivity contribution < 1.29 is 9.53 Å². The summed E-state index contributed by atoms with van der Waals surface area (Å²) in [6.07, 6.45) is 2.04. The molecule has 0 saturated carbocycles. The second-order valence-corrected chi connectivity index (χ2v) is 6.18. The molecular weight excluding hydrogens is 282 g/mol. The van der Waals surface area contributed by atoms with Crippen LogP contribution < -0.4 is 10.6 Å². The monoisotopic (exact) mass is 309 g/mol.